The number of hydrogen-bond donors (Lipinski definition) is 2. The summed E-state index contributed by atoms with van der Waals surface area (Å²) in [6.45, 7) is 2.67. The number of para-hydroxylation sites is 1. The number of rotatable bonds is 6. The van der Waals surface area contributed by atoms with Gasteiger partial charge in [0.1, 0.15) is 6.54 Å². The SMILES string of the molecule is O=C(CN1C(=O)[C@@]2(CO)C[C@H]2c2ccccc21)NC1CCN(Cc2ccccc2)CC1. The fraction of sp³-hybridized carbons (Fsp3) is 0.440. The molecule has 1 aliphatic carbocycles. The van der Waals surface area contributed by atoms with Crippen LogP contribution in [0.25, 0.3) is 0 Å². The molecule has 2 amide bonds. The molecule has 2 heterocycles. The van der Waals surface area contributed by atoms with Gasteiger partial charge >= 0.3 is 0 Å². The number of aliphatic hydroxyl groups excluding tert-OH is 1. The fourth-order valence-electron chi connectivity index (χ4n) is 5.25. The first-order valence-corrected chi connectivity index (χ1v) is 11.2. The quantitative estimate of drug-likeness (QED) is 0.754. The van der Waals surface area contributed by atoms with Crippen molar-refractivity contribution in [3.63, 3.8) is 0 Å². The van der Waals surface area contributed by atoms with Crippen molar-refractivity contribution < 1.29 is 14.7 Å². The minimum Gasteiger partial charge on any atom is -0.395 e. The molecule has 162 valence electrons. The van der Waals surface area contributed by atoms with Gasteiger partial charge in [0.15, 0.2) is 0 Å². The predicted molar refractivity (Wildman–Crippen MR) is 119 cm³/mol. The number of likely N-dealkylation sites (tertiary alicyclic amines) is 1. The van der Waals surface area contributed by atoms with Crippen molar-refractivity contribution >= 4 is 17.5 Å². The monoisotopic (exact) mass is 419 g/mol. The molecule has 0 unspecified atom stereocenters. The minimum atomic E-state index is -0.725. The minimum absolute atomic E-state index is 0.00848. The van der Waals surface area contributed by atoms with Gasteiger partial charge in [-0.05, 0) is 36.5 Å². The summed E-state index contributed by atoms with van der Waals surface area (Å²) >= 11 is 0. The maximum absolute atomic E-state index is 13.1. The molecule has 6 nitrogen and oxygen atoms in total. The number of aliphatic hydroxyl groups is 1. The van der Waals surface area contributed by atoms with Gasteiger partial charge in [0, 0.05) is 37.3 Å². The summed E-state index contributed by atoms with van der Waals surface area (Å²) in [6, 6.07) is 18.3. The van der Waals surface area contributed by atoms with E-state index in [4.69, 9.17) is 0 Å². The summed E-state index contributed by atoms with van der Waals surface area (Å²) in [5.41, 5.74) is 2.46. The number of carbonyl (C=O) groups is 2. The van der Waals surface area contributed by atoms with Gasteiger partial charge < -0.3 is 15.3 Å². The molecule has 0 radical (unpaired) electrons. The van der Waals surface area contributed by atoms with Crippen LogP contribution in [0, 0.1) is 5.41 Å². The molecule has 2 N–H and O–H groups in total. The van der Waals surface area contributed by atoms with E-state index in [1.165, 1.54) is 5.56 Å². The number of anilines is 1. The van der Waals surface area contributed by atoms with Crippen molar-refractivity contribution in [2.75, 3.05) is 31.1 Å². The Kier molecular flexibility index (Phi) is 5.28. The third kappa shape index (κ3) is 3.75. The van der Waals surface area contributed by atoms with Gasteiger partial charge in [-0.3, -0.25) is 14.5 Å². The molecule has 1 saturated heterocycles. The van der Waals surface area contributed by atoms with Gasteiger partial charge in [-0.1, -0.05) is 48.5 Å². The molecule has 0 bridgehead atoms. The van der Waals surface area contributed by atoms with Crippen molar-refractivity contribution in [2.45, 2.75) is 37.8 Å². The van der Waals surface area contributed by atoms with Crippen LogP contribution < -0.4 is 10.2 Å². The predicted octanol–water partition coefficient (Wildman–Crippen LogP) is 2.28. The summed E-state index contributed by atoms with van der Waals surface area (Å²) in [6.07, 6.45) is 2.48. The zero-order valence-corrected chi connectivity index (χ0v) is 17.7. The van der Waals surface area contributed by atoms with E-state index in [0.717, 1.165) is 43.7 Å². The second-order valence-corrected chi connectivity index (χ2v) is 9.12. The van der Waals surface area contributed by atoms with Crippen LogP contribution in [0.3, 0.4) is 0 Å². The Balaban J connectivity index is 1.18. The van der Waals surface area contributed by atoms with Crippen LogP contribution in [0.1, 0.15) is 36.3 Å². The zero-order valence-electron chi connectivity index (χ0n) is 17.7. The Morgan fingerprint density at radius 1 is 1.06 bits per heavy atom. The van der Waals surface area contributed by atoms with Crippen molar-refractivity contribution in [1.29, 1.82) is 0 Å². The largest absolute Gasteiger partial charge is 0.395 e. The fourth-order valence-corrected chi connectivity index (χ4v) is 5.25. The molecule has 1 saturated carbocycles. The number of nitrogens with zero attached hydrogens (tertiary/aromatic N) is 2. The Hall–Kier alpha value is -2.70. The Bertz CT molecular complexity index is 971. The van der Waals surface area contributed by atoms with Gasteiger partial charge in [-0.2, -0.15) is 0 Å². The van der Waals surface area contributed by atoms with Gasteiger partial charge in [-0.15, -0.1) is 0 Å². The summed E-state index contributed by atoms with van der Waals surface area (Å²) < 4.78 is 0. The molecular weight excluding hydrogens is 390 g/mol. The molecule has 3 aliphatic rings. The van der Waals surface area contributed by atoms with Crippen molar-refractivity contribution in [3.05, 3.63) is 65.7 Å². The second kappa shape index (κ2) is 8.09. The lowest BCUT2D eigenvalue weighted by molar-refractivity contribution is -0.128. The number of benzene rings is 2. The molecule has 2 aliphatic heterocycles. The lowest BCUT2D eigenvalue weighted by Crippen LogP contribution is -2.51. The third-order valence-electron chi connectivity index (χ3n) is 7.13. The summed E-state index contributed by atoms with van der Waals surface area (Å²) in [5, 5.41) is 13.0. The molecule has 5 rings (SSSR count). The lowest BCUT2D eigenvalue weighted by Gasteiger charge is -2.35. The highest BCUT2D eigenvalue weighted by Gasteiger charge is 2.65. The number of amides is 2. The normalized spacial score (nSPS) is 25.6. The van der Waals surface area contributed by atoms with Gasteiger partial charge in [-0.25, -0.2) is 0 Å². The van der Waals surface area contributed by atoms with Crippen molar-refractivity contribution in [1.82, 2.24) is 10.2 Å². The molecule has 0 aromatic heterocycles. The van der Waals surface area contributed by atoms with Crippen LogP contribution >= 0.6 is 0 Å². The number of nitrogens with one attached hydrogen (secondary N) is 1. The smallest absolute Gasteiger partial charge is 0.240 e. The lowest BCUT2D eigenvalue weighted by atomic mass is 9.92. The standard InChI is InChI=1S/C25H29N3O3/c29-17-25-14-21(25)20-8-4-5-9-22(20)28(24(25)31)16-23(30)26-19-10-12-27(13-11-19)15-18-6-2-1-3-7-18/h1-9,19,21,29H,10-17H2,(H,26,30)/t21-,25+/m0/s1. The van der Waals surface area contributed by atoms with Gasteiger partial charge in [0.05, 0.1) is 12.0 Å². The average Bonchev–Trinajstić information content (AvgIpc) is 3.56. The highest BCUT2D eigenvalue weighted by Crippen LogP contribution is 2.64. The first-order chi connectivity index (χ1) is 15.1. The molecular formula is C25H29N3O3. The van der Waals surface area contributed by atoms with Crippen LogP contribution in [0.15, 0.2) is 54.6 Å². The first kappa shape index (κ1) is 20.2. The van der Waals surface area contributed by atoms with E-state index >= 15 is 0 Å². The second-order valence-electron chi connectivity index (χ2n) is 9.12. The Labute approximate surface area is 182 Å². The Morgan fingerprint density at radius 3 is 2.52 bits per heavy atom. The Morgan fingerprint density at radius 2 is 1.77 bits per heavy atom. The molecule has 2 fully saturated rings. The van der Waals surface area contributed by atoms with E-state index in [2.05, 4.69) is 34.5 Å². The van der Waals surface area contributed by atoms with Gasteiger partial charge in [0.25, 0.3) is 0 Å². The molecule has 2 aromatic carbocycles. The van der Waals surface area contributed by atoms with Gasteiger partial charge in [0.2, 0.25) is 11.8 Å². The van der Waals surface area contributed by atoms with E-state index in [-0.39, 0.29) is 36.9 Å². The number of carbonyl (C=O) groups excluding carboxylic acids is 2. The van der Waals surface area contributed by atoms with Crippen molar-refractivity contribution in [3.8, 4) is 0 Å². The summed E-state index contributed by atoms with van der Waals surface area (Å²) in [7, 11) is 0. The molecule has 2 atom stereocenters. The highest BCUT2D eigenvalue weighted by atomic mass is 16.3. The first-order valence-electron chi connectivity index (χ1n) is 11.2. The van der Waals surface area contributed by atoms with Crippen LogP contribution in [-0.2, 0) is 16.1 Å². The van der Waals surface area contributed by atoms with E-state index < -0.39 is 5.41 Å². The van der Waals surface area contributed by atoms with Crippen LogP contribution in [0.2, 0.25) is 0 Å². The highest BCUT2D eigenvalue weighted by molar-refractivity contribution is 6.07. The van der Waals surface area contributed by atoms with E-state index in [1.54, 1.807) is 4.90 Å². The summed E-state index contributed by atoms with van der Waals surface area (Å²) in [5.74, 6) is -0.169. The maximum Gasteiger partial charge on any atom is 0.240 e. The molecule has 6 heteroatoms. The van der Waals surface area contributed by atoms with E-state index in [0.29, 0.717) is 6.42 Å². The molecule has 2 aromatic rings. The van der Waals surface area contributed by atoms with Crippen LogP contribution in [0.4, 0.5) is 5.69 Å². The van der Waals surface area contributed by atoms with Crippen molar-refractivity contribution in [2.24, 2.45) is 5.41 Å². The molecule has 31 heavy (non-hydrogen) atoms. The zero-order chi connectivity index (χ0) is 21.4. The van der Waals surface area contributed by atoms with E-state index in [1.807, 2.05) is 30.3 Å². The number of piperidine rings is 1. The summed E-state index contributed by atoms with van der Waals surface area (Å²) in [4.78, 5) is 29.9. The van der Waals surface area contributed by atoms with Crippen LogP contribution in [0.5, 0.6) is 0 Å². The maximum atomic E-state index is 13.1. The van der Waals surface area contributed by atoms with Crippen LogP contribution in [-0.4, -0.2) is 54.1 Å². The molecule has 0 spiro atoms. The number of hydrogen-bond acceptors (Lipinski definition) is 4. The topological polar surface area (TPSA) is 72.9 Å². The number of fused-ring (bicyclic) bond motifs is 3. The third-order valence-corrected chi connectivity index (χ3v) is 7.13. The average molecular weight is 420 g/mol. The van der Waals surface area contributed by atoms with E-state index in [9.17, 15) is 14.7 Å².